The molecule has 0 aliphatic carbocycles. The monoisotopic (exact) mass is 247 g/mol. The molecule has 1 aromatic carbocycles. The Labute approximate surface area is 111 Å². The summed E-state index contributed by atoms with van der Waals surface area (Å²) in [6, 6.07) is 6.39. The molecule has 1 aliphatic heterocycles. The molecular weight excluding hydrogens is 222 g/mol. The molecule has 0 spiro atoms. The summed E-state index contributed by atoms with van der Waals surface area (Å²) in [5, 5.41) is 0. The summed E-state index contributed by atoms with van der Waals surface area (Å²) in [6.45, 7) is 12.3. The highest BCUT2D eigenvalue weighted by molar-refractivity contribution is 6.07. The third-order valence-electron chi connectivity index (χ3n) is 3.56. The minimum Gasteiger partial charge on any atom is -0.314 e. The number of amides is 1. The third-order valence-corrected chi connectivity index (χ3v) is 3.56. The first-order chi connectivity index (χ1) is 8.35. The molecule has 2 rings (SSSR count). The smallest absolute Gasteiger partial charge is 0.236 e. The van der Waals surface area contributed by atoms with Crippen molar-refractivity contribution < 1.29 is 4.79 Å². The number of hydrogen-bond acceptors (Lipinski definition) is 1. The standard InChI is InChI=1S/C14H19NO.C2H6/c1-9(2)10-6-7-11-12(8-10)15(5)13(16)14(11,3)4;1-2/h6-9H,1-5H3;1-2H3. The molecule has 0 unspecified atom stereocenters. The molecule has 2 nitrogen and oxygen atoms in total. The van der Waals surface area contributed by atoms with Crippen LogP contribution in [0.3, 0.4) is 0 Å². The van der Waals surface area contributed by atoms with Crippen molar-refractivity contribution in [1.82, 2.24) is 0 Å². The molecule has 0 radical (unpaired) electrons. The zero-order valence-electron chi connectivity index (χ0n) is 12.7. The number of carbonyl (C=O) groups is 1. The van der Waals surface area contributed by atoms with Crippen molar-refractivity contribution in [1.29, 1.82) is 0 Å². The Hall–Kier alpha value is -1.31. The summed E-state index contributed by atoms with van der Waals surface area (Å²) in [5.74, 6) is 0.681. The minimum absolute atomic E-state index is 0.184. The second-order valence-corrected chi connectivity index (χ2v) is 5.42. The van der Waals surface area contributed by atoms with Crippen LogP contribution in [0.25, 0.3) is 0 Å². The SMILES string of the molecule is CC.CC(C)c1ccc2c(c1)N(C)C(=O)C2(C)C. The second-order valence-electron chi connectivity index (χ2n) is 5.42. The van der Waals surface area contributed by atoms with Crippen molar-refractivity contribution in [3.63, 3.8) is 0 Å². The van der Waals surface area contributed by atoms with E-state index in [1.165, 1.54) is 5.56 Å². The number of nitrogens with zero attached hydrogens (tertiary/aromatic N) is 1. The zero-order chi connectivity index (χ0) is 14.1. The molecule has 1 aliphatic rings. The van der Waals surface area contributed by atoms with Gasteiger partial charge in [-0.25, -0.2) is 0 Å². The fourth-order valence-corrected chi connectivity index (χ4v) is 2.36. The molecule has 1 heterocycles. The van der Waals surface area contributed by atoms with Gasteiger partial charge in [0.1, 0.15) is 0 Å². The lowest BCUT2D eigenvalue weighted by molar-refractivity contribution is -0.121. The highest BCUT2D eigenvalue weighted by atomic mass is 16.2. The maximum Gasteiger partial charge on any atom is 0.236 e. The molecule has 0 saturated heterocycles. The van der Waals surface area contributed by atoms with Gasteiger partial charge >= 0.3 is 0 Å². The Morgan fingerprint density at radius 1 is 1.17 bits per heavy atom. The Balaban J connectivity index is 0.000000771. The summed E-state index contributed by atoms with van der Waals surface area (Å²) in [5.41, 5.74) is 3.13. The minimum atomic E-state index is -0.375. The van der Waals surface area contributed by atoms with Crippen LogP contribution in [0.2, 0.25) is 0 Å². The lowest BCUT2D eigenvalue weighted by Crippen LogP contribution is -2.33. The Morgan fingerprint density at radius 3 is 2.22 bits per heavy atom. The van der Waals surface area contributed by atoms with E-state index in [1.807, 2.05) is 34.7 Å². The van der Waals surface area contributed by atoms with Gasteiger partial charge in [-0.3, -0.25) is 4.79 Å². The van der Waals surface area contributed by atoms with Gasteiger partial charge in [0, 0.05) is 12.7 Å². The van der Waals surface area contributed by atoms with Crippen LogP contribution in [-0.4, -0.2) is 13.0 Å². The van der Waals surface area contributed by atoms with Crippen LogP contribution in [0.15, 0.2) is 18.2 Å². The maximum atomic E-state index is 12.1. The normalized spacial score (nSPS) is 16.4. The van der Waals surface area contributed by atoms with Crippen LogP contribution in [-0.2, 0) is 10.2 Å². The van der Waals surface area contributed by atoms with Gasteiger partial charge in [0.25, 0.3) is 0 Å². The number of likely N-dealkylation sites (N-methyl/N-ethyl adjacent to an activating group) is 1. The molecule has 0 fully saturated rings. The summed E-state index contributed by atoms with van der Waals surface area (Å²) in [7, 11) is 1.86. The average Bonchev–Trinajstić information content (AvgIpc) is 2.53. The van der Waals surface area contributed by atoms with Crippen LogP contribution in [0.4, 0.5) is 5.69 Å². The van der Waals surface area contributed by atoms with E-state index < -0.39 is 0 Å². The molecule has 1 aromatic rings. The van der Waals surface area contributed by atoms with E-state index in [4.69, 9.17) is 0 Å². The predicted octanol–water partition coefficient (Wildman–Crippen LogP) is 4.09. The molecule has 2 heteroatoms. The van der Waals surface area contributed by atoms with Crippen molar-refractivity contribution in [2.24, 2.45) is 0 Å². The van der Waals surface area contributed by atoms with Crippen LogP contribution in [0.5, 0.6) is 0 Å². The van der Waals surface area contributed by atoms with E-state index in [-0.39, 0.29) is 11.3 Å². The van der Waals surface area contributed by atoms with Gasteiger partial charge < -0.3 is 4.90 Å². The molecule has 0 atom stereocenters. The average molecular weight is 247 g/mol. The van der Waals surface area contributed by atoms with E-state index in [1.54, 1.807) is 4.90 Å². The number of rotatable bonds is 1. The molecule has 0 saturated carbocycles. The highest BCUT2D eigenvalue weighted by Crippen LogP contribution is 2.41. The summed E-state index contributed by atoms with van der Waals surface area (Å²) in [4.78, 5) is 13.9. The number of hydrogen-bond donors (Lipinski definition) is 0. The molecule has 0 aromatic heterocycles. The van der Waals surface area contributed by atoms with Gasteiger partial charge in [-0.05, 0) is 37.0 Å². The molecule has 0 bridgehead atoms. The van der Waals surface area contributed by atoms with Crippen molar-refractivity contribution in [2.75, 3.05) is 11.9 Å². The number of carbonyl (C=O) groups excluding carboxylic acids is 1. The number of anilines is 1. The number of fused-ring (bicyclic) bond motifs is 1. The largest absolute Gasteiger partial charge is 0.314 e. The Bertz CT molecular complexity index is 446. The Kier molecular flexibility index (Phi) is 4.20. The van der Waals surface area contributed by atoms with Crippen LogP contribution in [0, 0.1) is 0 Å². The van der Waals surface area contributed by atoms with E-state index in [0.29, 0.717) is 5.92 Å². The lowest BCUT2D eigenvalue weighted by Gasteiger charge is -2.16. The lowest BCUT2D eigenvalue weighted by atomic mass is 9.85. The van der Waals surface area contributed by atoms with Crippen molar-refractivity contribution in [2.45, 2.75) is 52.9 Å². The molecule has 1 amide bonds. The first kappa shape index (κ1) is 14.7. The Morgan fingerprint density at radius 2 is 1.72 bits per heavy atom. The van der Waals surface area contributed by atoms with E-state index >= 15 is 0 Å². The first-order valence-corrected chi connectivity index (χ1v) is 6.78. The quantitative estimate of drug-likeness (QED) is 0.732. The molecule has 0 N–H and O–H groups in total. The summed E-state index contributed by atoms with van der Waals surface area (Å²) in [6.07, 6.45) is 0. The van der Waals surface area contributed by atoms with E-state index in [0.717, 1.165) is 11.3 Å². The molecule has 18 heavy (non-hydrogen) atoms. The first-order valence-electron chi connectivity index (χ1n) is 6.78. The number of benzene rings is 1. The highest BCUT2D eigenvalue weighted by Gasteiger charge is 2.42. The van der Waals surface area contributed by atoms with Crippen LogP contribution < -0.4 is 4.90 Å². The van der Waals surface area contributed by atoms with Gasteiger partial charge in [-0.15, -0.1) is 0 Å². The zero-order valence-corrected chi connectivity index (χ0v) is 12.7. The van der Waals surface area contributed by atoms with Crippen molar-refractivity contribution >= 4 is 11.6 Å². The fourth-order valence-electron chi connectivity index (χ4n) is 2.36. The van der Waals surface area contributed by atoms with Gasteiger partial charge in [-0.2, -0.15) is 0 Å². The molecule has 100 valence electrons. The van der Waals surface area contributed by atoms with Gasteiger partial charge in [-0.1, -0.05) is 39.8 Å². The maximum absolute atomic E-state index is 12.1. The fraction of sp³-hybridized carbons (Fsp3) is 0.562. The molecular formula is C16H25NO. The predicted molar refractivity (Wildman–Crippen MR) is 78.3 cm³/mol. The van der Waals surface area contributed by atoms with E-state index in [9.17, 15) is 4.79 Å². The summed E-state index contributed by atoms with van der Waals surface area (Å²) >= 11 is 0. The van der Waals surface area contributed by atoms with Gasteiger partial charge in [0.05, 0.1) is 5.41 Å². The van der Waals surface area contributed by atoms with Crippen LogP contribution in [0.1, 0.15) is 58.6 Å². The van der Waals surface area contributed by atoms with Crippen LogP contribution >= 0.6 is 0 Å². The topological polar surface area (TPSA) is 20.3 Å². The second kappa shape index (κ2) is 5.13. The van der Waals surface area contributed by atoms with Gasteiger partial charge in [0.2, 0.25) is 5.91 Å². The van der Waals surface area contributed by atoms with Gasteiger partial charge in [0.15, 0.2) is 0 Å². The van der Waals surface area contributed by atoms with Crippen molar-refractivity contribution in [3.8, 4) is 0 Å². The van der Waals surface area contributed by atoms with E-state index in [2.05, 4.69) is 32.0 Å². The summed E-state index contributed by atoms with van der Waals surface area (Å²) < 4.78 is 0. The third kappa shape index (κ3) is 2.16. The van der Waals surface area contributed by atoms with Crippen molar-refractivity contribution in [3.05, 3.63) is 29.3 Å².